The minimum absolute atomic E-state index is 0.105. The van der Waals surface area contributed by atoms with Gasteiger partial charge in [-0.3, -0.25) is 0 Å². The van der Waals surface area contributed by atoms with Gasteiger partial charge in [0.05, 0.1) is 0 Å². The Labute approximate surface area is 193 Å². The molecule has 0 atom stereocenters. The highest BCUT2D eigenvalue weighted by molar-refractivity contribution is 5.38. The number of benzene rings is 1. The van der Waals surface area contributed by atoms with Gasteiger partial charge in [-0.2, -0.15) is 0 Å². The number of hydrogen-bond donors (Lipinski definition) is 0. The van der Waals surface area contributed by atoms with Crippen LogP contribution in [0.1, 0.15) is 122 Å². The first-order chi connectivity index (χ1) is 14.6. The predicted molar refractivity (Wildman–Crippen MR) is 138 cm³/mol. The lowest BCUT2D eigenvalue weighted by Crippen LogP contribution is -2.23. The third-order valence-electron chi connectivity index (χ3n) is 6.25. The molecule has 0 spiro atoms. The van der Waals surface area contributed by atoms with Crippen molar-refractivity contribution in [2.75, 3.05) is 0 Å². The van der Waals surface area contributed by atoms with E-state index in [1.807, 2.05) is 0 Å². The smallest absolute Gasteiger partial charge is 0.0358 e. The SMILES string of the molecule is CCCCCCCCCCc1c(CC(C)(C)C)cn(C(C)(C)C)c1Cc1ccccc1. The van der Waals surface area contributed by atoms with E-state index in [0.717, 1.165) is 12.8 Å². The van der Waals surface area contributed by atoms with Crippen molar-refractivity contribution in [3.8, 4) is 0 Å². The van der Waals surface area contributed by atoms with Crippen molar-refractivity contribution >= 4 is 0 Å². The highest BCUT2D eigenvalue weighted by Crippen LogP contribution is 2.32. The zero-order chi connectivity index (χ0) is 22.9. The van der Waals surface area contributed by atoms with Crippen molar-refractivity contribution in [2.45, 2.75) is 125 Å². The molecule has 0 aliphatic carbocycles. The third kappa shape index (κ3) is 8.87. The molecule has 0 saturated heterocycles. The summed E-state index contributed by atoms with van der Waals surface area (Å²) in [4.78, 5) is 0. The monoisotopic (exact) mass is 423 g/mol. The zero-order valence-electron chi connectivity index (χ0n) is 21.7. The molecule has 0 bridgehead atoms. The van der Waals surface area contributed by atoms with Gasteiger partial charge in [0.2, 0.25) is 0 Å². The maximum atomic E-state index is 2.58. The molecule has 0 amide bonds. The van der Waals surface area contributed by atoms with Gasteiger partial charge in [0.25, 0.3) is 0 Å². The summed E-state index contributed by atoms with van der Waals surface area (Å²) in [5.41, 5.74) is 6.60. The van der Waals surface area contributed by atoms with Crippen LogP contribution >= 0.6 is 0 Å². The normalized spacial score (nSPS) is 12.5. The molecule has 1 nitrogen and oxygen atoms in total. The Morgan fingerprint density at radius 1 is 0.742 bits per heavy atom. The van der Waals surface area contributed by atoms with Gasteiger partial charge in [0.15, 0.2) is 0 Å². The van der Waals surface area contributed by atoms with E-state index < -0.39 is 0 Å². The van der Waals surface area contributed by atoms with E-state index in [4.69, 9.17) is 0 Å². The van der Waals surface area contributed by atoms with Gasteiger partial charge >= 0.3 is 0 Å². The minimum Gasteiger partial charge on any atom is -0.345 e. The summed E-state index contributed by atoms with van der Waals surface area (Å²) < 4.78 is 2.58. The van der Waals surface area contributed by atoms with E-state index in [0.29, 0.717) is 5.41 Å². The summed E-state index contributed by atoms with van der Waals surface area (Å²) in [5, 5.41) is 0. The van der Waals surface area contributed by atoms with Crippen LogP contribution in [0.2, 0.25) is 0 Å². The topological polar surface area (TPSA) is 4.93 Å². The van der Waals surface area contributed by atoms with E-state index in [2.05, 4.69) is 89.6 Å². The first kappa shape index (κ1) is 25.8. The highest BCUT2D eigenvalue weighted by Gasteiger charge is 2.25. The number of hydrogen-bond acceptors (Lipinski definition) is 0. The number of unbranched alkanes of at least 4 members (excludes halogenated alkanes) is 7. The summed E-state index contributed by atoms with van der Waals surface area (Å²) in [7, 11) is 0. The summed E-state index contributed by atoms with van der Waals surface area (Å²) in [6.45, 7) is 16.5. The molecule has 0 radical (unpaired) electrons. The quantitative estimate of drug-likeness (QED) is 0.300. The molecule has 174 valence electrons. The van der Waals surface area contributed by atoms with E-state index in [-0.39, 0.29) is 5.54 Å². The van der Waals surface area contributed by atoms with Gasteiger partial charge in [0.1, 0.15) is 0 Å². The largest absolute Gasteiger partial charge is 0.345 e. The number of rotatable bonds is 12. The molecule has 31 heavy (non-hydrogen) atoms. The van der Waals surface area contributed by atoms with Gasteiger partial charge in [-0.25, -0.2) is 0 Å². The average molecular weight is 424 g/mol. The van der Waals surface area contributed by atoms with Gasteiger partial charge in [0, 0.05) is 23.9 Å². The van der Waals surface area contributed by atoms with Crippen molar-refractivity contribution in [2.24, 2.45) is 5.41 Å². The molecule has 0 fully saturated rings. The van der Waals surface area contributed by atoms with Crippen molar-refractivity contribution in [3.05, 3.63) is 58.9 Å². The molecular weight excluding hydrogens is 374 g/mol. The van der Waals surface area contributed by atoms with Crippen LogP contribution in [0.4, 0.5) is 0 Å². The van der Waals surface area contributed by atoms with Crippen molar-refractivity contribution in [1.82, 2.24) is 4.57 Å². The van der Waals surface area contributed by atoms with E-state index in [1.54, 1.807) is 16.8 Å². The van der Waals surface area contributed by atoms with Crippen molar-refractivity contribution in [3.63, 3.8) is 0 Å². The Morgan fingerprint density at radius 2 is 1.32 bits per heavy atom. The maximum absolute atomic E-state index is 2.58. The average Bonchev–Trinajstić information content (AvgIpc) is 3.00. The van der Waals surface area contributed by atoms with Crippen LogP contribution in [-0.2, 0) is 24.8 Å². The van der Waals surface area contributed by atoms with E-state index in [1.165, 1.54) is 63.4 Å². The highest BCUT2D eigenvalue weighted by atomic mass is 15.0. The van der Waals surface area contributed by atoms with Gasteiger partial charge < -0.3 is 4.57 Å². The van der Waals surface area contributed by atoms with Crippen LogP contribution in [0.25, 0.3) is 0 Å². The van der Waals surface area contributed by atoms with Crippen LogP contribution in [0, 0.1) is 5.41 Å². The molecule has 0 N–H and O–H groups in total. The fourth-order valence-corrected chi connectivity index (χ4v) is 4.69. The van der Waals surface area contributed by atoms with Gasteiger partial charge in [-0.05, 0) is 62.1 Å². The van der Waals surface area contributed by atoms with E-state index >= 15 is 0 Å². The summed E-state index contributed by atoms with van der Waals surface area (Å²) >= 11 is 0. The Hall–Kier alpha value is -1.50. The zero-order valence-corrected chi connectivity index (χ0v) is 21.7. The first-order valence-electron chi connectivity index (χ1n) is 12.9. The lowest BCUT2D eigenvalue weighted by molar-refractivity contribution is 0.383. The summed E-state index contributed by atoms with van der Waals surface area (Å²) in [6.07, 6.45) is 17.0. The van der Waals surface area contributed by atoms with E-state index in [9.17, 15) is 0 Å². The predicted octanol–water partition coefficient (Wildman–Crippen LogP) is 9.11. The molecule has 1 heterocycles. The number of aromatic nitrogens is 1. The van der Waals surface area contributed by atoms with Gasteiger partial charge in [-0.15, -0.1) is 0 Å². The molecule has 1 heteroatoms. The second kappa shape index (κ2) is 11.9. The first-order valence-corrected chi connectivity index (χ1v) is 12.9. The van der Waals surface area contributed by atoms with Crippen LogP contribution in [0.3, 0.4) is 0 Å². The summed E-state index contributed by atoms with van der Waals surface area (Å²) in [6, 6.07) is 11.0. The Balaban J connectivity index is 2.21. The fraction of sp³-hybridized carbons (Fsp3) is 0.667. The minimum atomic E-state index is 0.105. The lowest BCUT2D eigenvalue weighted by Gasteiger charge is -2.25. The molecule has 0 aliphatic heterocycles. The number of nitrogens with zero attached hydrogens (tertiary/aromatic N) is 1. The molecule has 1 aromatic carbocycles. The molecule has 2 aromatic rings. The standard InChI is InChI=1S/C30H49N/c1-8-9-10-11-12-13-14-18-21-27-26(23-29(2,3)4)24-31(30(5,6)7)28(27)22-25-19-16-15-17-20-25/h15-17,19-20,24H,8-14,18,21-23H2,1-7H3. The Kier molecular flexibility index (Phi) is 9.91. The molecule has 1 aromatic heterocycles. The molecule has 0 unspecified atom stereocenters. The Bertz CT molecular complexity index is 752. The molecule has 0 saturated carbocycles. The van der Waals surface area contributed by atoms with Crippen molar-refractivity contribution < 1.29 is 0 Å². The molecule has 0 aliphatic rings. The van der Waals surface area contributed by atoms with Crippen molar-refractivity contribution in [1.29, 1.82) is 0 Å². The van der Waals surface area contributed by atoms with Crippen LogP contribution in [0.15, 0.2) is 36.5 Å². The maximum Gasteiger partial charge on any atom is 0.0358 e. The van der Waals surface area contributed by atoms with Crippen LogP contribution in [0.5, 0.6) is 0 Å². The van der Waals surface area contributed by atoms with Crippen LogP contribution in [-0.4, -0.2) is 4.57 Å². The Morgan fingerprint density at radius 3 is 1.87 bits per heavy atom. The fourth-order valence-electron chi connectivity index (χ4n) is 4.69. The second-order valence-corrected chi connectivity index (χ2v) is 11.7. The van der Waals surface area contributed by atoms with Gasteiger partial charge in [-0.1, -0.05) is 103 Å². The summed E-state index contributed by atoms with van der Waals surface area (Å²) in [5.74, 6) is 0. The lowest BCUT2D eigenvalue weighted by atomic mass is 9.86. The van der Waals surface area contributed by atoms with Crippen LogP contribution < -0.4 is 0 Å². The molecular formula is C30H49N. The molecule has 2 rings (SSSR count). The second-order valence-electron chi connectivity index (χ2n) is 11.7. The third-order valence-corrected chi connectivity index (χ3v) is 6.25.